The van der Waals surface area contributed by atoms with Gasteiger partial charge in [0.05, 0.1) is 6.04 Å². The lowest BCUT2D eigenvalue weighted by molar-refractivity contribution is 0.346. The number of allylic oxidation sites excluding steroid dienone is 1. The average Bonchev–Trinajstić information content (AvgIpc) is 2.24. The first-order chi connectivity index (χ1) is 7.65. The Morgan fingerprint density at radius 1 is 1.50 bits per heavy atom. The molecular formula is C11H10ClFN2O. The highest BCUT2D eigenvalue weighted by molar-refractivity contribution is 6.29. The molecule has 5 heteroatoms. The van der Waals surface area contributed by atoms with Crippen LogP contribution in [-0.2, 0) is 0 Å². The Labute approximate surface area is 97.4 Å². The topological polar surface area (TPSA) is 48.1 Å². The number of rotatable bonds is 2. The summed E-state index contributed by atoms with van der Waals surface area (Å²) in [6.07, 6.45) is 4.82. The van der Waals surface area contributed by atoms with Crippen molar-refractivity contribution in [2.75, 3.05) is 0 Å². The summed E-state index contributed by atoms with van der Waals surface area (Å²) >= 11 is 5.69. The normalized spacial score (nSPS) is 24.1. The Hall–Kier alpha value is -1.39. The highest BCUT2D eigenvalue weighted by Crippen LogP contribution is 2.20. The molecule has 1 aromatic rings. The van der Waals surface area contributed by atoms with Gasteiger partial charge in [0.15, 0.2) is 0 Å². The van der Waals surface area contributed by atoms with E-state index in [0.29, 0.717) is 16.7 Å². The zero-order valence-corrected chi connectivity index (χ0v) is 9.06. The van der Waals surface area contributed by atoms with Gasteiger partial charge in [0.25, 0.3) is 0 Å². The highest BCUT2D eigenvalue weighted by atomic mass is 35.5. The van der Waals surface area contributed by atoms with Crippen LogP contribution in [0, 0.1) is 0 Å². The Bertz CT molecular complexity index is 447. The van der Waals surface area contributed by atoms with E-state index in [9.17, 15) is 4.39 Å². The Morgan fingerprint density at radius 2 is 2.31 bits per heavy atom. The van der Waals surface area contributed by atoms with E-state index in [1.54, 1.807) is 24.3 Å². The minimum atomic E-state index is -1.22. The van der Waals surface area contributed by atoms with Gasteiger partial charge in [0.1, 0.15) is 22.8 Å². The number of nitrogens with two attached hydrogens (primary N) is 1. The fraction of sp³-hybridized carbons (Fsp3) is 0.182. The molecular weight excluding hydrogens is 231 g/mol. The number of ether oxygens (including phenoxy) is 1. The zero-order chi connectivity index (χ0) is 11.5. The molecule has 1 aliphatic rings. The molecule has 16 heavy (non-hydrogen) atoms. The van der Waals surface area contributed by atoms with Gasteiger partial charge in [-0.2, -0.15) is 0 Å². The second-order valence-electron chi connectivity index (χ2n) is 3.37. The van der Waals surface area contributed by atoms with Gasteiger partial charge in [-0.25, -0.2) is 9.37 Å². The molecule has 84 valence electrons. The standard InChI is InChI=1S/C11H10ClFN2O/c12-11-6-8(3-4-15-11)16-7-1-2-10(14)9(13)5-7/h1-6,9-10H,14H2. The van der Waals surface area contributed by atoms with E-state index < -0.39 is 12.2 Å². The zero-order valence-electron chi connectivity index (χ0n) is 8.31. The van der Waals surface area contributed by atoms with Crippen LogP contribution >= 0.6 is 11.6 Å². The Morgan fingerprint density at radius 3 is 3.00 bits per heavy atom. The van der Waals surface area contributed by atoms with E-state index in [1.807, 2.05) is 0 Å². The molecule has 0 fully saturated rings. The summed E-state index contributed by atoms with van der Waals surface area (Å²) in [7, 11) is 0. The van der Waals surface area contributed by atoms with E-state index >= 15 is 0 Å². The summed E-state index contributed by atoms with van der Waals surface area (Å²) in [4.78, 5) is 3.81. The van der Waals surface area contributed by atoms with Gasteiger partial charge in [0, 0.05) is 12.3 Å². The van der Waals surface area contributed by atoms with Gasteiger partial charge in [0.2, 0.25) is 0 Å². The van der Waals surface area contributed by atoms with Crippen molar-refractivity contribution in [3.63, 3.8) is 0 Å². The second kappa shape index (κ2) is 4.63. The number of nitrogens with zero attached hydrogens (tertiary/aromatic N) is 1. The van der Waals surface area contributed by atoms with Gasteiger partial charge in [-0.15, -0.1) is 0 Å². The molecule has 0 radical (unpaired) electrons. The lowest BCUT2D eigenvalue weighted by atomic mass is 10.1. The number of alkyl halides is 1. The summed E-state index contributed by atoms with van der Waals surface area (Å²) in [6, 6.07) is 2.59. The molecule has 0 amide bonds. The van der Waals surface area contributed by atoms with Crippen LogP contribution < -0.4 is 10.5 Å². The van der Waals surface area contributed by atoms with Crippen LogP contribution in [0.3, 0.4) is 0 Å². The van der Waals surface area contributed by atoms with E-state index in [-0.39, 0.29) is 0 Å². The molecule has 2 atom stereocenters. The third-order valence-electron chi connectivity index (χ3n) is 2.11. The molecule has 0 saturated heterocycles. The van der Waals surface area contributed by atoms with Crippen molar-refractivity contribution in [3.8, 4) is 5.75 Å². The smallest absolute Gasteiger partial charge is 0.141 e. The van der Waals surface area contributed by atoms with Crippen molar-refractivity contribution in [2.45, 2.75) is 12.2 Å². The maximum atomic E-state index is 13.2. The van der Waals surface area contributed by atoms with E-state index in [1.165, 1.54) is 12.3 Å². The van der Waals surface area contributed by atoms with Crippen molar-refractivity contribution < 1.29 is 9.13 Å². The molecule has 0 aliphatic heterocycles. The minimum absolute atomic E-state index is 0.325. The molecule has 2 unspecified atom stereocenters. The van der Waals surface area contributed by atoms with Gasteiger partial charge >= 0.3 is 0 Å². The quantitative estimate of drug-likeness (QED) is 0.807. The number of pyridine rings is 1. The van der Waals surface area contributed by atoms with Crippen LogP contribution in [0.4, 0.5) is 4.39 Å². The fourth-order valence-corrected chi connectivity index (χ4v) is 1.45. The van der Waals surface area contributed by atoms with Crippen molar-refractivity contribution in [2.24, 2.45) is 5.73 Å². The summed E-state index contributed by atoms with van der Waals surface area (Å²) in [6.45, 7) is 0. The lowest BCUT2D eigenvalue weighted by Crippen LogP contribution is -2.30. The molecule has 2 rings (SSSR count). The second-order valence-corrected chi connectivity index (χ2v) is 3.75. The summed E-state index contributed by atoms with van der Waals surface area (Å²) in [5, 5.41) is 0.325. The molecule has 0 aromatic carbocycles. The van der Waals surface area contributed by atoms with Gasteiger partial charge < -0.3 is 10.5 Å². The van der Waals surface area contributed by atoms with Crippen LogP contribution in [0.1, 0.15) is 0 Å². The number of hydrogen-bond acceptors (Lipinski definition) is 3. The maximum Gasteiger partial charge on any atom is 0.141 e. The average molecular weight is 241 g/mol. The van der Waals surface area contributed by atoms with Crippen LogP contribution in [0.2, 0.25) is 5.15 Å². The van der Waals surface area contributed by atoms with E-state index in [0.717, 1.165) is 0 Å². The SMILES string of the molecule is NC1C=CC(Oc2ccnc(Cl)c2)=CC1F. The fourth-order valence-electron chi connectivity index (χ4n) is 1.29. The van der Waals surface area contributed by atoms with E-state index in [2.05, 4.69) is 4.98 Å². The summed E-state index contributed by atoms with van der Waals surface area (Å²) in [5.74, 6) is 0.926. The van der Waals surface area contributed by atoms with Gasteiger partial charge in [-0.1, -0.05) is 17.7 Å². The molecule has 3 nitrogen and oxygen atoms in total. The molecule has 1 aromatic heterocycles. The molecule has 1 heterocycles. The molecule has 1 aliphatic carbocycles. The van der Waals surface area contributed by atoms with Crippen LogP contribution in [-0.4, -0.2) is 17.2 Å². The number of aromatic nitrogens is 1. The van der Waals surface area contributed by atoms with Crippen LogP contribution in [0.15, 0.2) is 42.3 Å². The van der Waals surface area contributed by atoms with Gasteiger partial charge in [-0.05, 0) is 18.2 Å². The van der Waals surface area contributed by atoms with Crippen molar-refractivity contribution >= 4 is 11.6 Å². The third kappa shape index (κ3) is 2.59. The third-order valence-corrected chi connectivity index (χ3v) is 2.31. The largest absolute Gasteiger partial charge is 0.457 e. The first-order valence-corrected chi connectivity index (χ1v) is 5.12. The van der Waals surface area contributed by atoms with E-state index in [4.69, 9.17) is 22.1 Å². The van der Waals surface area contributed by atoms with Crippen molar-refractivity contribution in [1.82, 2.24) is 4.98 Å². The lowest BCUT2D eigenvalue weighted by Gasteiger charge is -2.16. The monoisotopic (exact) mass is 240 g/mol. The van der Waals surface area contributed by atoms with Crippen molar-refractivity contribution in [1.29, 1.82) is 0 Å². The van der Waals surface area contributed by atoms with Gasteiger partial charge in [-0.3, -0.25) is 0 Å². The highest BCUT2D eigenvalue weighted by Gasteiger charge is 2.17. The molecule has 0 saturated carbocycles. The van der Waals surface area contributed by atoms with Crippen LogP contribution in [0.5, 0.6) is 5.75 Å². The molecule has 0 bridgehead atoms. The molecule has 2 N–H and O–H groups in total. The first-order valence-electron chi connectivity index (χ1n) is 4.74. The summed E-state index contributed by atoms with van der Waals surface area (Å²) < 4.78 is 18.6. The number of halogens is 2. The Kier molecular flexibility index (Phi) is 3.22. The Balaban J connectivity index is 2.11. The first kappa shape index (κ1) is 11.1. The predicted molar refractivity (Wildman–Crippen MR) is 60.0 cm³/mol. The minimum Gasteiger partial charge on any atom is -0.457 e. The predicted octanol–water partition coefficient (Wildman–Crippen LogP) is 2.23. The van der Waals surface area contributed by atoms with Crippen LogP contribution in [0.25, 0.3) is 0 Å². The maximum absolute atomic E-state index is 13.2. The number of hydrogen-bond donors (Lipinski definition) is 1. The summed E-state index contributed by atoms with van der Waals surface area (Å²) in [5.41, 5.74) is 5.46. The van der Waals surface area contributed by atoms with Crippen molar-refractivity contribution in [3.05, 3.63) is 47.5 Å². The molecule has 0 spiro atoms.